The number of ketones is 1. The number of hydrogen-bond acceptors (Lipinski definition) is 4. The number of morpholine rings is 1. The molecule has 2 aromatic rings. The number of sulfonamides is 1. The molecule has 0 aliphatic carbocycles. The van der Waals surface area contributed by atoms with E-state index in [1.54, 1.807) is 0 Å². The van der Waals surface area contributed by atoms with Crippen LogP contribution in [0.3, 0.4) is 0 Å². The Morgan fingerprint density at radius 3 is 2.30 bits per heavy atom. The van der Waals surface area contributed by atoms with Crippen molar-refractivity contribution in [3.8, 4) is 0 Å². The molecule has 1 aliphatic rings. The van der Waals surface area contributed by atoms with Gasteiger partial charge in [-0.15, -0.1) is 0 Å². The van der Waals surface area contributed by atoms with E-state index in [1.165, 1.54) is 36.1 Å². The number of carbonyl (C=O) groups excluding carboxylic acids is 1. The van der Waals surface area contributed by atoms with Crippen LogP contribution in [-0.4, -0.2) is 40.5 Å². The van der Waals surface area contributed by atoms with E-state index in [-0.39, 0.29) is 17.2 Å². The number of benzene rings is 2. The van der Waals surface area contributed by atoms with Crippen LogP contribution in [0, 0.1) is 0 Å². The lowest BCUT2D eigenvalue weighted by Gasteiger charge is -2.24. The van der Waals surface area contributed by atoms with Crippen molar-refractivity contribution in [1.82, 2.24) is 4.72 Å². The largest absolute Gasteiger partial charge is 0.370 e. The van der Waals surface area contributed by atoms with E-state index in [1.807, 2.05) is 24.3 Å². The first kappa shape index (κ1) is 19.7. The lowest BCUT2D eigenvalue weighted by Crippen LogP contribution is -3.12. The molecule has 6 nitrogen and oxygen atoms in total. The van der Waals surface area contributed by atoms with Crippen molar-refractivity contribution in [3.63, 3.8) is 0 Å². The van der Waals surface area contributed by atoms with E-state index in [4.69, 9.17) is 4.74 Å². The third-order valence-corrected chi connectivity index (χ3v) is 6.20. The van der Waals surface area contributed by atoms with Gasteiger partial charge in [-0.2, -0.15) is 0 Å². The minimum absolute atomic E-state index is 0.0913. The van der Waals surface area contributed by atoms with Crippen molar-refractivity contribution >= 4 is 15.8 Å². The molecule has 3 rings (SSSR count). The molecule has 2 aromatic carbocycles. The number of carbonyl (C=O) groups is 1. The molecule has 144 valence electrons. The van der Waals surface area contributed by atoms with Crippen LogP contribution in [0.4, 0.5) is 0 Å². The summed E-state index contributed by atoms with van der Waals surface area (Å²) >= 11 is 0. The average molecular weight is 389 g/mol. The van der Waals surface area contributed by atoms with Crippen LogP contribution < -0.4 is 9.62 Å². The van der Waals surface area contributed by atoms with Gasteiger partial charge in [-0.25, -0.2) is 13.1 Å². The lowest BCUT2D eigenvalue weighted by atomic mass is 10.1. The third-order valence-electron chi connectivity index (χ3n) is 4.78. The Kier molecular flexibility index (Phi) is 6.38. The molecule has 1 fully saturated rings. The molecule has 0 bridgehead atoms. The summed E-state index contributed by atoms with van der Waals surface area (Å²) in [5.74, 6) is -0.0913. The number of ether oxygens (including phenoxy) is 1. The summed E-state index contributed by atoms with van der Waals surface area (Å²) in [7, 11) is -3.64. The molecule has 27 heavy (non-hydrogen) atoms. The standard InChI is InChI=1S/C20H24N2O4S/c1-16(23)17-6-8-20(9-7-17)27(24,25)21-14-18-4-2-3-5-19(18)15-22-10-12-26-13-11-22/h2-9,21H,10-15H2,1H3/p+1. The summed E-state index contributed by atoms with van der Waals surface area (Å²) in [6.07, 6.45) is 0. The summed E-state index contributed by atoms with van der Waals surface area (Å²) in [6, 6.07) is 13.9. The molecule has 1 saturated heterocycles. The molecule has 7 heteroatoms. The number of Topliss-reactive ketones (excluding diaryl/α,β-unsaturated/α-hetero) is 1. The zero-order valence-electron chi connectivity index (χ0n) is 15.4. The fourth-order valence-corrected chi connectivity index (χ4v) is 4.14. The third kappa shape index (κ3) is 5.23. The minimum Gasteiger partial charge on any atom is -0.370 e. The Morgan fingerprint density at radius 2 is 1.67 bits per heavy atom. The van der Waals surface area contributed by atoms with Crippen LogP contribution in [0.2, 0.25) is 0 Å². The Morgan fingerprint density at radius 1 is 1.04 bits per heavy atom. The maximum absolute atomic E-state index is 12.6. The van der Waals surface area contributed by atoms with Gasteiger partial charge in [0.05, 0.1) is 18.1 Å². The normalized spacial score (nSPS) is 15.6. The molecule has 0 atom stereocenters. The maximum Gasteiger partial charge on any atom is 0.240 e. The van der Waals surface area contributed by atoms with Crippen LogP contribution in [0.1, 0.15) is 28.4 Å². The van der Waals surface area contributed by atoms with Crippen molar-refractivity contribution < 1.29 is 22.8 Å². The van der Waals surface area contributed by atoms with Crippen molar-refractivity contribution in [2.45, 2.75) is 24.9 Å². The second-order valence-electron chi connectivity index (χ2n) is 6.71. The highest BCUT2D eigenvalue weighted by Gasteiger charge is 2.18. The van der Waals surface area contributed by atoms with Crippen LogP contribution in [0.5, 0.6) is 0 Å². The van der Waals surface area contributed by atoms with E-state index in [0.717, 1.165) is 44.0 Å². The van der Waals surface area contributed by atoms with E-state index in [2.05, 4.69) is 4.72 Å². The predicted octanol–water partition coefficient (Wildman–Crippen LogP) is 0.783. The van der Waals surface area contributed by atoms with Crippen LogP contribution in [0.25, 0.3) is 0 Å². The molecular formula is C20H25N2O4S+. The van der Waals surface area contributed by atoms with Crippen LogP contribution >= 0.6 is 0 Å². The molecule has 0 amide bonds. The SMILES string of the molecule is CC(=O)c1ccc(S(=O)(=O)NCc2ccccc2C[NH+]2CCOCC2)cc1. The van der Waals surface area contributed by atoms with E-state index in [9.17, 15) is 13.2 Å². The first-order valence-electron chi connectivity index (χ1n) is 9.04. The van der Waals surface area contributed by atoms with Gasteiger partial charge in [0.15, 0.2) is 5.78 Å². The molecule has 0 aromatic heterocycles. The van der Waals surface area contributed by atoms with E-state index >= 15 is 0 Å². The summed E-state index contributed by atoms with van der Waals surface area (Å²) in [5, 5.41) is 0. The van der Waals surface area contributed by atoms with Gasteiger partial charge in [-0.1, -0.05) is 36.4 Å². The van der Waals surface area contributed by atoms with Gasteiger partial charge in [0.1, 0.15) is 19.6 Å². The second-order valence-corrected chi connectivity index (χ2v) is 8.48. The quantitative estimate of drug-likeness (QED) is 0.687. The summed E-state index contributed by atoms with van der Waals surface area (Å²) in [4.78, 5) is 12.9. The Balaban J connectivity index is 1.69. The topological polar surface area (TPSA) is 76.9 Å². The molecule has 0 saturated carbocycles. The molecule has 1 heterocycles. The van der Waals surface area contributed by atoms with Gasteiger partial charge in [-0.3, -0.25) is 4.79 Å². The average Bonchev–Trinajstić information content (AvgIpc) is 2.68. The smallest absolute Gasteiger partial charge is 0.240 e. The summed E-state index contributed by atoms with van der Waals surface area (Å²) in [5.41, 5.74) is 2.61. The van der Waals surface area contributed by atoms with Crippen molar-refractivity contribution in [1.29, 1.82) is 0 Å². The van der Waals surface area contributed by atoms with Gasteiger partial charge in [0.25, 0.3) is 0 Å². The van der Waals surface area contributed by atoms with E-state index < -0.39 is 10.0 Å². The fraction of sp³-hybridized carbons (Fsp3) is 0.350. The van der Waals surface area contributed by atoms with Crippen molar-refractivity contribution in [2.75, 3.05) is 26.3 Å². The van der Waals surface area contributed by atoms with Crippen LogP contribution in [0.15, 0.2) is 53.4 Å². The Labute approximate surface area is 160 Å². The van der Waals surface area contributed by atoms with Crippen molar-refractivity contribution in [3.05, 3.63) is 65.2 Å². The second kappa shape index (κ2) is 8.75. The highest BCUT2D eigenvalue weighted by atomic mass is 32.2. The molecular weight excluding hydrogens is 364 g/mol. The molecule has 0 spiro atoms. The Hall–Kier alpha value is -2.06. The number of quaternary nitrogens is 1. The van der Waals surface area contributed by atoms with Gasteiger partial charge in [-0.05, 0) is 24.6 Å². The van der Waals surface area contributed by atoms with Gasteiger partial charge in [0, 0.05) is 17.7 Å². The van der Waals surface area contributed by atoms with Crippen LogP contribution in [-0.2, 0) is 27.8 Å². The molecule has 0 radical (unpaired) electrons. The molecule has 1 aliphatic heterocycles. The molecule has 2 N–H and O–H groups in total. The monoisotopic (exact) mass is 389 g/mol. The number of rotatable bonds is 7. The highest BCUT2D eigenvalue weighted by molar-refractivity contribution is 7.89. The Bertz CT molecular complexity index is 888. The lowest BCUT2D eigenvalue weighted by molar-refractivity contribution is -0.921. The summed E-state index contributed by atoms with van der Waals surface area (Å²) in [6.45, 7) is 5.99. The minimum atomic E-state index is -3.64. The number of nitrogens with one attached hydrogen (secondary N) is 2. The maximum atomic E-state index is 12.6. The van der Waals surface area contributed by atoms with Gasteiger partial charge in [0.2, 0.25) is 10.0 Å². The first-order chi connectivity index (χ1) is 13.0. The number of hydrogen-bond donors (Lipinski definition) is 2. The zero-order valence-corrected chi connectivity index (χ0v) is 16.2. The fourth-order valence-electron chi connectivity index (χ4n) is 3.13. The highest BCUT2D eigenvalue weighted by Crippen LogP contribution is 2.13. The molecule has 0 unspecified atom stereocenters. The predicted molar refractivity (Wildman–Crippen MR) is 102 cm³/mol. The van der Waals surface area contributed by atoms with Gasteiger partial charge < -0.3 is 9.64 Å². The zero-order chi connectivity index (χ0) is 19.3. The van der Waals surface area contributed by atoms with E-state index in [0.29, 0.717) is 5.56 Å². The first-order valence-corrected chi connectivity index (χ1v) is 10.5. The summed E-state index contributed by atoms with van der Waals surface area (Å²) < 4.78 is 33.2. The van der Waals surface area contributed by atoms with Crippen molar-refractivity contribution in [2.24, 2.45) is 0 Å². The van der Waals surface area contributed by atoms with Gasteiger partial charge >= 0.3 is 0 Å².